The zero-order valence-electron chi connectivity index (χ0n) is 15.6. The molecular weight excluding hydrogens is 402 g/mol. The van der Waals surface area contributed by atoms with Crippen molar-refractivity contribution in [2.24, 2.45) is 11.3 Å². The zero-order chi connectivity index (χ0) is 19.3. The smallest absolute Gasteiger partial charge is 0.407 e. The molecule has 0 aliphatic carbocycles. The molecule has 0 unspecified atom stereocenters. The number of hydrogen-bond acceptors (Lipinski definition) is 5. The largest absolute Gasteiger partial charge is 0.477 e. The molecule has 8 heteroatoms. The van der Waals surface area contributed by atoms with Gasteiger partial charge >= 0.3 is 6.09 Å². The highest BCUT2D eigenvalue weighted by atomic mass is 79.9. The molecule has 7 nitrogen and oxygen atoms in total. The van der Waals surface area contributed by atoms with Crippen LogP contribution in [0.25, 0.3) is 0 Å². The van der Waals surface area contributed by atoms with E-state index in [9.17, 15) is 9.59 Å². The second-order valence-corrected chi connectivity index (χ2v) is 8.30. The van der Waals surface area contributed by atoms with Gasteiger partial charge < -0.3 is 19.7 Å². The van der Waals surface area contributed by atoms with Gasteiger partial charge in [-0.15, -0.1) is 0 Å². The number of carbonyl (C=O) groups is 2. The molecule has 2 amide bonds. The highest BCUT2D eigenvalue weighted by Crippen LogP contribution is 2.25. The van der Waals surface area contributed by atoms with Crippen LogP contribution in [0.2, 0.25) is 0 Å². The third-order valence-electron chi connectivity index (χ3n) is 4.31. The van der Waals surface area contributed by atoms with Gasteiger partial charge in [-0.05, 0) is 33.8 Å². The number of halogens is 1. The summed E-state index contributed by atoms with van der Waals surface area (Å²) in [7, 11) is 1.29. The molecule has 1 aliphatic rings. The molecule has 2 rings (SSSR count). The lowest BCUT2D eigenvalue weighted by Crippen LogP contribution is -2.54. The third kappa shape index (κ3) is 5.59. The first-order chi connectivity index (χ1) is 12.2. The quantitative estimate of drug-likeness (QED) is 0.730. The number of nitrogens with one attached hydrogen (secondary N) is 1. The molecule has 1 saturated heterocycles. The van der Waals surface area contributed by atoms with Crippen molar-refractivity contribution in [2.75, 3.05) is 26.8 Å². The van der Waals surface area contributed by atoms with Crippen LogP contribution in [0.3, 0.4) is 0 Å². The predicted molar refractivity (Wildman–Crippen MR) is 101 cm³/mol. The summed E-state index contributed by atoms with van der Waals surface area (Å²) in [5, 5.41) is 2.66. The first-order valence-corrected chi connectivity index (χ1v) is 9.38. The topological polar surface area (TPSA) is 80.8 Å². The summed E-state index contributed by atoms with van der Waals surface area (Å²) < 4.78 is 11.1. The molecule has 1 aliphatic heterocycles. The summed E-state index contributed by atoms with van der Waals surface area (Å²) in [6.07, 6.45) is 0.257. The molecule has 26 heavy (non-hydrogen) atoms. The van der Waals surface area contributed by atoms with Crippen molar-refractivity contribution in [3.05, 3.63) is 22.8 Å². The second kappa shape index (κ2) is 8.70. The maximum Gasteiger partial charge on any atom is 0.407 e. The van der Waals surface area contributed by atoms with E-state index in [1.807, 2.05) is 32.9 Å². The Labute approximate surface area is 162 Å². The van der Waals surface area contributed by atoms with Crippen LogP contribution >= 0.6 is 15.9 Å². The molecule has 1 N–H and O–H groups in total. The minimum atomic E-state index is -0.638. The van der Waals surface area contributed by atoms with E-state index in [0.717, 1.165) is 11.0 Å². The number of aromatic nitrogens is 1. The Kier molecular flexibility index (Phi) is 6.86. The number of amides is 2. The number of nitrogens with zero attached hydrogens (tertiary/aromatic N) is 2. The van der Waals surface area contributed by atoms with Gasteiger partial charge in [0.1, 0.15) is 10.6 Å². The number of pyridine rings is 1. The maximum atomic E-state index is 12.9. The fraction of sp³-hybridized carbons (Fsp3) is 0.611. The summed E-state index contributed by atoms with van der Waals surface area (Å²) >= 11 is 3.32. The van der Waals surface area contributed by atoms with Gasteiger partial charge in [-0.3, -0.25) is 4.79 Å². The van der Waals surface area contributed by atoms with Crippen molar-refractivity contribution in [2.45, 2.75) is 33.2 Å². The summed E-state index contributed by atoms with van der Waals surface area (Å²) in [5.74, 6) is 0.702. The number of hydrogen-bond donors (Lipinski definition) is 1. The summed E-state index contributed by atoms with van der Waals surface area (Å²) in [5.41, 5.74) is -0.417. The molecule has 1 aromatic heterocycles. The first kappa shape index (κ1) is 20.5. The number of carbonyl (C=O) groups excluding carboxylic acids is 2. The van der Waals surface area contributed by atoms with E-state index in [2.05, 4.69) is 31.0 Å². The van der Waals surface area contributed by atoms with Crippen molar-refractivity contribution in [3.8, 4) is 5.88 Å². The lowest BCUT2D eigenvalue weighted by Gasteiger charge is -2.33. The van der Waals surface area contributed by atoms with Crippen molar-refractivity contribution >= 4 is 27.9 Å². The molecule has 1 aromatic rings. The highest BCUT2D eigenvalue weighted by Gasteiger charge is 2.38. The standard InChI is InChI=1S/C18H26BrN3O4/c1-18(2,3)15(21-17(24)25-4)16(23)22-9-8-12(10-22)11-26-14-7-5-6-13(19)20-14/h5-7,12,15H,8-11H2,1-4H3,(H,21,24)/t12-,15-/m1/s1. The number of ether oxygens (including phenoxy) is 2. The van der Waals surface area contributed by atoms with Crippen molar-refractivity contribution in [1.82, 2.24) is 15.2 Å². The second-order valence-electron chi connectivity index (χ2n) is 7.48. The monoisotopic (exact) mass is 427 g/mol. The van der Waals surface area contributed by atoms with Crippen LogP contribution in [-0.4, -0.2) is 54.7 Å². The molecule has 0 saturated carbocycles. The highest BCUT2D eigenvalue weighted by molar-refractivity contribution is 9.10. The Morgan fingerprint density at radius 1 is 1.42 bits per heavy atom. The Bertz CT molecular complexity index is 648. The Hall–Kier alpha value is -1.83. The number of alkyl carbamates (subject to hydrolysis) is 1. The maximum absolute atomic E-state index is 12.9. The minimum absolute atomic E-state index is 0.0917. The van der Waals surface area contributed by atoms with Gasteiger partial charge in [0.15, 0.2) is 0 Å². The summed E-state index contributed by atoms with van der Waals surface area (Å²) in [4.78, 5) is 30.5. The van der Waals surface area contributed by atoms with Gasteiger partial charge in [0.05, 0.1) is 13.7 Å². The molecule has 2 atom stereocenters. The van der Waals surface area contributed by atoms with E-state index in [0.29, 0.717) is 25.6 Å². The predicted octanol–water partition coefficient (Wildman–Crippen LogP) is 2.84. The average Bonchev–Trinajstić information content (AvgIpc) is 3.05. The number of rotatable bonds is 5. The lowest BCUT2D eigenvalue weighted by molar-refractivity contribution is -0.135. The van der Waals surface area contributed by atoms with E-state index in [1.54, 1.807) is 11.0 Å². The normalized spacial score (nSPS) is 18.3. The molecule has 144 valence electrons. The van der Waals surface area contributed by atoms with Crippen molar-refractivity contribution in [3.63, 3.8) is 0 Å². The zero-order valence-corrected chi connectivity index (χ0v) is 17.2. The lowest BCUT2D eigenvalue weighted by atomic mass is 9.86. The van der Waals surface area contributed by atoms with E-state index < -0.39 is 17.6 Å². The van der Waals surface area contributed by atoms with Crippen LogP contribution in [0.4, 0.5) is 4.79 Å². The number of methoxy groups -OCH3 is 1. The molecule has 2 heterocycles. The van der Waals surface area contributed by atoms with E-state index in [4.69, 9.17) is 4.74 Å². The minimum Gasteiger partial charge on any atom is -0.477 e. The summed E-state index contributed by atoms with van der Waals surface area (Å²) in [6.45, 7) is 7.50. The molecule has 0 aromatic carbocycles. The molecule has 1 fully saturated rings. The number of likely N-dealkylation sites (tertiary alicyclic amines) is 1. The van der Waals surface area contributed by atoms with Gasteiger partial charge in [-0.1, -0.05) is 26.8 Å². The third-order valence-corrected chi connectivity index (χ3v) is 4.76. The van der Waals surface area contributed by atoms with Crippen LogP contribution in [0, 0.1) is 11.3 Å². The van der Waals surface area contributed by atoms with Crippen LogP contribution in [0.15, 0.2) is 22.8 Å². The van der Waals surface area contributed by atoms with E-state index in [-0.39, 0.29) is 11.8 Å². The molecule has 0 radical (unpaired) electrons. The van der Waals surface area contributed by atoms with Crippen molar-refractivity contribution < 1.29 is 19.1 Å². The molecule has 0 bridgehead atoms. The van der Waals surface area contributed by atoms with Gasteiger partial charge in [0.2, 0.25) is 11.8 Å². The fourth-order valence-electron chi connectivity index (χ4n) is 2.85. The average molecular weight is 428 g/mol. The van der Waals surface area contributed by atoms with Gasteiger partial charge in [0, 0.05) is 25.1 Å². The van der Waals surface area contributed by atoms with Gasteiger partial charge in [-0.25, -0.2) is 9.78 Å². The molecular formula is C18H26BrN3O4. The Morgan fingerprint density at radius 3 is 2.77 bits per heavy atom. The van der Waals surface area contributed by atoms with Gasteiger partial charge in [-0.2, -0.15) is 0 Å². The Balaban J connectivity index is 1.93. The van der Waals surface area contributed by atoms with Crippen LogP contribution in [-0.2, 0) is 9.53 Å². The van der Waals surface area contributed by atoms with Crippen molar-refractivity contribution in [1.29, 1.82) is 0 Å². The van der Waals surface area contributed by atoms with E-state index in [1.165, 1.54) is 7.11 Å². The fourth-order valence-corrected chi connectivity index (χ4v) is 3.18. The van der Waals surface area contributed by atoms with Crippen LogP contribution in [0.1, 0.15) is 27.2 Å². The first-order valence-electron chi connectivity index (χ1n) is 8.59. The molecule has 0 spiro atoms. The Morgan fingerprint density at radius 2 is 2.15 bits per heavy atom. The SMILES string of the molecule is COC(=O)N[C@H](C(=O)N1CC[C@@H](COc2cccc(Br)n2)C1)C(C)(C)C. The van der Waals surface area contributed by atoms with Crippen LogP contribution < -0.4 is 10.1 Å². The summed E-state index contributed by atoms with van der Waals surface area (Å²) in [6, 6.07) is 4.87. The van der Waals surface area contributed by atoms with Gasteiger partial charge in [0.25, 0.3) is 0 Å². The van der Waals surface area contributed by atoms with E-state index >= 15 is 0 Å². The van der Waals surface area contributed by atoms with Crippen LogP contribution in [0.5, 0.6) is 5.88 Å².